The van der Waals surface area contributed by atoms with E-state index in [0.717, 1.165) is 31.9 Å². The lowest BCUT2D eigenvalue weighted by molar-refractivity contribution is -0.132. The number of carboxylic acid groups (broad SMARTS) is 1. The van der Waals surface area contributed by atoms with Gasteiger partial charge >= 0.3 is 5.97 Å². The number of nitrogens with zero attached hydrogens (tertiary/aromatic N) is 2. The molecule has 0 bridgehead atoms. The maximum atomic E-state index is 14.1. The van der Waals surface area contributed by atoms with E-state index in [1.807, 2.05) is 0 Å². The van der Waals surface area contributed by atoms with Gasteiger partial charge in [-0.15, -0.1) is 0 Å². The van der Waals surface area contributed by atoms with Crippen LogP contribution in [0.1, 0.15) is 44.7 Å². The molecule has 1 aliphatic carbocycles. The van der Waals surface area contributed by atoms with Gasteiger partial charge in [-0.3, -0.25) is 0 Å². The molecule has 1 fully saturated rings. The second-order valence-corrected chi connectivity index (χ2v) is 5.72. The normalized spacial score (nSPS) is 16.8. The van der Waals surface area contributed by atoms with Crippen LogP contribution in [0.25, 0.3) is 5.57 Å². The Morgan fingerprint density at radius 2 is 2.12 bits per heavy atom. The summed E-state index contributed by atoms with van der Waals surface area (Å²) in [4.78, 5) is 19.4. The fourth-order valence-electron chi connectivity index (χ4n) is 2.73. The second kappa shape index (κ2) is 8.38. The zero-order valence-corrected chi connectivity index (χ0v) is 13.8. The van der Waals surface area contributed by atoms with Crippen molar-refractivity contribution in [3.05, 3.63) is 48.1 Å². The molecule has 1 heterocycles. The summed E-state index contributed by atoms with van der Waals surface area (Å²) in [6.07, 6.45) is 10.9. The average molecular weight is 331 g/mol. The Hall–Kier alpha value is -2.50. The van der Waals surface area contributed by atoms with Crippen LogP contribution in [-0.2, 0) is 4.79 Å². The van der Waals surface area contributed by atoms with Gasteiger partial charge in [0.1, 0.15) is 5.69 Å². The molecular formula is C18H22FN3O2. The molecule has 0 radical (unpaired) electrons. The molecular weight excluding hydrogens is 309 g/mol. The monoisotopic (exact) mass is 331 g/mol. The first-order valence-corrected chi connectivity index (χ1v) is 8.08. The number of carboxylic acids is 1. The Kier molecular flexibility index (Phi) is 6.23. The molecule has 0 spiro atoms. The lowest BCUT2D eigenvalue weighted by atomic mass is 9.96. The second-order valence-electron chi connectivity index (χ2n) is 5.72. The minimum atomic E-state index is -1.13. The van der Waals surface area contributed by atoms with E-state index in [9.17, 15) is 9.18 Å². The van der Waals surface area contributed by atoms with Crippen molar-refractivity contribution in [1.29, 1.82) is 0 Å². The van der Waals surface area contributed by atoms with Gasteiger partial charge in [0.15, 0.2) is 5.82 Å². The Balaban J connectivity index is 2.29. The van der Waals surface area contributed by atoms with E-state index < -0.39 is 11.8 Å². The molecule has 0 unspecified atom stereocenters. The van der Waals surface area contributed by atoms with Gasteiger partial charge in [0.05, 0.1) is 11.8 Å². The molecule has 2 N–H and O–H groups in total. The molecule has 6 heteroatoms. The molecule has 1 aliphatic rings. The number of hydrogen-bond acceptors (Lipinski definition) is 4. The van der Waals surface area contributed by atoms with Crippen LogP contribution >= 0.6 is 0 Å². The Morgan fingerprint density at radius 1 is 1.42 bits per heavy atom. The Bertz CT molecular complexity index is 677. The third kappa shape index (κ3) is 4.50. The number of halogens is 1. The molecule has 128 valence electrons. The molecule has 24 heavy (non-hydrogen) atoms. The third-order valence-electron chi connectivity index (χ3n) is 4.04. The number of carbonyl (C=O) groups is 1. The van der Waals surface area contributed by atoms with Crippen LogP contribution in [0.3, 0.4) is 0 Å². The molecule has 2 rings (SSSR count). The highest BCUT2D eigenvalue weighted by molar-refractivity contribution is 5.93. The topological polar surface area (TPSA) is 75.1 Å². The predicted molar refractivity (Wildman–Crippen MR) is 92.1 cm³/mol. The average Bonchev–Trinajstić information content (AvgIpc) is 2.59. The first-order chi connectivity index (χ1) is 11.5. The van der Waals surface area contributed by atoms with Crippen LogP contribution in [-0.4, -0.2) is 27.1 Å². The molecule has 0 saturated heterocycles. The number of hydrogen-bond donors (Lipinski definition) is 2. The number of nitrogens with one attached hydrogen (secondary N) is 1. The van der Waals surface area contributed by atoms with Crippen LogP contribution < -0.4 is 5.32 Å². The largest absolute Gasteiger partial charge is 0.478 e. The maximum absolute atomic E-state index is 14.1. The summed E-state index contributed by atoms with van der Waals surface area (Å²) in [7, 11) is 0. The molecule has 5 nitrogen and oxygen atoms in total. The van der Waals surface area contributed by atoms with Crippen molar-refractivity contribution in [1.82, 2.24) is 9.97 Å². The lowest BCUT2D eigenvalue weighted by Crippen LogP contribution is -2.23. The van der Waals surface area contributed by atoms with E-state index in [-0.39, 0.29) is 11.3 Å². The SMILES string of the molecule is C=C/C(=C\C(=C/C)c1nc(NC2CCCCC2)ncc1F)C(=O)O. The van der Waals surface area contributed by atoms with E-state index in [1.165, 1.54) is 18.6 Å². The van der Waals surface area contributed by atoms with E-state index in [4.69, 9.17) is 5.11 Å². The molecule has 0 aliphatic heterocycles. The highest BCUT2D eigenvalue weighted by atomic mass is 19.1. The molecule has 1 saturated carbocycles. The number of aromatic nitrogens is 2. The van der Waals surface area contributed by atoms with E-state index in [2.05, 4.69) is 21.9 Å². The lowest BCUT2D eigenvalue weighted by Gasteiger charge is -2.22. The quantitative estimate of drug-likeness (QED) is 0.609. The van der Waals surface area contributed by atoms with Gasteiger partial charge in [-0.2, -0.15) is 0 Å². The summed E-state index contributed by atoms with van der Waals surface area (Å²) >= 11 is 0. The van der Waals surface area contributed by atoms with Crippen molar-refractivity contribution < 1.29 is 14.3 Å². The van der Waals surface area contributed by atoms with Crippen molar-refractivity contribution in [2.24, 2.45) is 0 Å². The number of aliphatic carboxylic acids is 1. The van der Waals surface area contributed by atoms with Crippen molar-refractivity contribution in [3.8, 4) is 0 Å². The van der Waals surface area contributed by atoms with Gasteiger partial charge in [0, 0.05) is 6.04 Å². The summed E-state index contributed by atoms with van der Waals surface area (Å²) in [6, 6.07) is 0.296. The summed E-state index contributed by atoms with van der Waals surface area (Å²) < 4.78 is 14.1. The first-order valence-electron chi connectivity index (χ1n) is 8.08. The molecule has 1 aromatic rings. The van der Waals surface area contributed by atoms with E-state index >= 15 is 0 Å². The third-order valence-corrected chi connectivity index (χ3v) is 4.04. The standard InChI is InChI=1S/C18H22FN3O2/c1-3-12(10-13(4-2)17(23)24)16-15(19)11-20-18(22-16)21-14-8-6-5-7-9-14/h3-4,10-11,14H,2,5-9H2,1H3,(H,23,24)(H,20,21,22)/b12-3+,13-10+. The Morgan fingerprint density at radius 3 is 2.71 bits per heavy atom. The summed E-state index contributed by atoms with van der Waals surface area (Å²) in [5.74, 6) is -1.36. The van der Waals surface area contributed by atoms with Crippen LogP contribution in [0.2, 0.25) is 0 Å². The smallest absolute Gasteiger partial charge is 0.335 e. The van der Waals surface area contributed by atoms with Gasteiger partial charge in [-0.1, -0.05) is 38.0 Å². The number of anilines is 1. The minimum Gasteiger partial charge on any atom is -0.478 e. The predicted octanol–water partition coefficient (Wildman–Crippen LogP) is 3.96. The van der Waals surface area contributed by atoms with E-state index in [1.54, 1.807) is 13.0 Å². The minimum absolute atomic E-state index is 0.0251. The summed E-state index contributed by atoms with van der Waals surface area (Å²) in [6.45, 7) is 5.16. The van der Waals surface area contributed by atoms with Crippen LogP contribution in [0.15, 0.2) is 36.6 Å². The summed E-state index contributed by atoms with van der Waals surface area (Å²) in [5, 5.41) is 12.3. The maximum Gasteiger partial charge on any atom is 0.335 e. The van der Waals surface area contributed by atoms with Crippen molar-refractivity contribution >= 4 is 17.5 Å². The van der Waals surface area contributed by atoms with Gasteiger partial charge in [-0.05, 0) is 31.4 Å². The van der Waals surface area contributed by atoms with Gasteiger partial charge in [-0.25, -0.2) is 19.2 Å². The van der Waals surface area contributed by atoms with Gasteiger partial charge in [0.25, 0.3) is 0 Å². The zero-order chi connectivity index (χ0) is 17.5. The van der Waals surface area contributed by atoms with E-state index in [0.29, 0.717) is 17.6 Å². The number of rotatable bonds is 6. The van der Waals surface area contributed by atoms with Gasteiger partial charge < -0.3 is 10.4 Å². The molecule has 0 amide bonds. The van der Waals surface area contributed by atoms with Gasteiger partial charge in [0.2, 0.25) is 5.95 Å². The van der Waals surface area contributed by atoms with Crippen LogP contribution in [0.5, 0.6) is 0 Å². The summed E-state index contributed by atoms with van der Waals surface area (Å²) in [5.41, 5.74) is 0.424. The van der Waals surface area contributed by atoms with Crippen molar-refractivity contribution in [2.75, 3.05) is 5.32 Å². The Labute approximate surface area is 141 Å². The first kappa shape index (κ1) is 17.8. The molecule has 0 aromatic carbocycles. The fraction of sp³-hybridized carbons (Fsp3) is 0.389. The zero-order valence-electron chi connectivity index (χ0n) is 13.8. The number of allylic oxidation sites excluding steroid dienone is 3. The highest BCUT2D eigenvalue weighted by Crippen LogP contribution is 2.23. The molecule has 0 atom stereocenters. The van der Waals surface area contributed by atoms with Crippen molar-refractivity contribution in [2.45, 2.75) is 45.1 Å². The highest BCUT2D eigenvalue weighted by Gasteiger charge is 2.16. The van der Waals surface area contributed by atoms with Crippen LogP contribution in [0.4, 0.5) is 10.3 Å². The van der Waals surface area contributed by atoms with Crippen LogP contribution in [0, 0.1) is 5.82 Å². The molecule has 1 aromatic heterocycles. The van der Waals surface area contributed by atoms with Crippen molar-refractivity contribution in [3.63, 3.8) is 0 Å². The fourth-order valence-corrected chi connectivity index (χ4v) is 2.73.